The minimum atomic E-state index is -0.526. The Labute approximate surface area is 212 Å². The molecule has 8 heteroatoms. The average molecular weight is 497 g/mol. The molecular formula is C27H33ClN4O3. The molecule has 2 fully saturated rings. The van der Waals surface area contributed by atoms with E-state index in [9.17, 15) is 9.59 Å². The van der Waals surface area contributed by atoms with E-state index in [0.717, 1.165) is 56.0 Å². The van der Waals surface area contributed by atoms with E-state index < -0.39 is 11.1 Å². The maximum atomic E-state index is 13.3. The highest BCUT2D eigenvalue weighted by atomic mass is 35.5. The van der Waals surface area contributed by atoms with Crippen molar-refractivity contribution < 1.29 is 14.3 Å². The molecule has 0 unspecified atom stereocenters. The Kier molecular flexibility index (Phi) is 5.55. The Morgan fingerprint density at radius 3 is 2.37 bits per heavy atom. The van der Waals surface area contributed by atoms with Gasteiger partial charge in [-0.1, -0.05) is 11.6 Å². The molecule has 2 aromatic rings. The first-order valence-corrected chi connectivity index (χ1v) is 12.6. The number of ether oxygens (including phenoxy) is 1. The van der Waals surface area contributed by atoms with Crippen molar-refractivity contribution in [3.8, 4) is 0 Å². The lowest BCUT2D eigenvalue weighted by Gasteiger charge is -2.54. The predicted molar refractivity (Wildman–Crippen MR) is 137 cm³/mol. The molecule has 0 N–H and O–H groups in total. The second-order valence-electron chi connectivity index (χ2n) is 11.6. The number of benzene rings is 1. The van der Waals surface area contributed by atoms with Gasteiger partial charge in [0.05, 0.1) is 29.3 Å². The van der Waals surface area contributed by atoms with Gasteiger partial charge in [0.25, 0.3) is 5.91 Å². The van der Waals surface area contributed by atoms with E-state index >= 15 is 0 Å². The first-order valence-electron chi connectivity index (χ1n) is 12.2. The molecule has 0 aliphatic carbocycles. The van der Waals surface area contributed by atoms with Crippen molar-refractivity contribution in [2.24, 2.45) is 5.41 Å². The predicted octanol–water partition coefficient (Wildman–Crippen LogP) is 5.47. The molecule has 1 aromatic carbocycles. The van der Waals surface area contributed by atoms with Crippen molar-refractivity contribution in [1.29, 1.82) is 0 Å². The number of carbonyl (C=O) groups is 2. The first-order chi connectivity index (χ1) is 16.4. The molecular weight excluding hydrogens is 464 g/mol. The van der Waals surface area contributed by atoms with Crippen LogP contribution in [0.2, 0.25) is 5.02 Å². The molecule has 3 aliphatic rings. The molecule has 186 valence electrons. The second-order valence-corrected chi connectivity index (χ2v) is 12.1. The van der Waals surface area contributed by atoms with Gasteiger partial charge < -0.3 is 14.5 Å². The smallest absolute Gasteiger partial charge is 0.410 e. The number of fused-ring (bicyclic) bond motifs is 1. The van der Waals surface area contributed by atoms with Gasteiger partial charge in [-0.2, -0.15) is 0 Å². The van der Waals surface area contributed by atoms with Crippen molar-refractivity contribution >= 4 is 35.0 Å². The van der Waals surface area contributed by atoms with Crippen LogP contribution in [0.5, 0.6) is 0 Å². The summed E-state index contributed by atoms with van der Waals surface area (Å²) in [7, 11) is 0. The summed E-state index contributed by atoms with van der Waals surface area (Å²) in [5.74, 6) is -0.0322. The Morgan fingerprint density at radius 1 is 1.06 bits per heavy atom. The number of pyridine rings is 1. The Bertz CT molecular complexity index is 1170. The SMILES string of the molecule is CC(C)(C)OC(=O)N1CCC2(CC1)CN(c1cncc(N3C(=O)c4ccc(Cl)cc4C3(C)C)c1)C2. The van der Waals surface area contributed by atoms with E-state index in [1.165, 1.54) is 0 Å². The van der Waals surface area contributed by atoms with Gasteiger partial charge >= 0.3 is 6.09 Å². The van der Waals surface area contributed by atoms with E-state index in [4.69, 9.17) is 16.3 Å². The zero-order valence-corrected chi connectivity index (χ0v) is 21.9. The fraction of sp³-hybridized carbons (Fsp3) is 0.519. The highest BCUT2D eigenvalue weighted by Crippen LogP contribution is 2.46. The van der Waals surface area contributed by atoms with Gasteiger partial charge in [-0.3, -0.25) is 14.7 Å². The van der Waals surface area contributed by atoms with Crippen LogP contribution in [0.4, 0.5) is 16.2 Å². The molecule has 35 heavy (non-hydrogen) atoms. The Hall–Kier alpha value is -2.80. The number of nitrogens with zero attached hydrogens (tertiary/aromatic N) is 4. The molecule has 3 aliphatic heterocycles. The summed E-state index contributed by atoms with van der Waals surface area (Å²) in [5.41, 5.74) is 2.62. The number of hydrogen-bond donors (Lipinski definition) is 0. The first kappa shape index (κ1) is 23.9. The number of hydrogen-bond acceptors (Lipinski definition) is 5. The third-order valence-corrected chi connectivity index (χ3v) is 7.73. The zero-order chi connectivity index (χ0) is 25.2. The van der Waals surface area contributed by atoms with E-state index in [0.29, 0.717) is 10.6 Å². The normalized spacial score (nSPS) is 20.6. The topological polar surface area (TPSA) is 66.0 Å². The minimum Gasteiger partial charge on any atom is -0.444 e. The largest absolute Gasteiger partial charge is 0.444 e. The summed E-state index contributed by atoms with van der Waals surface area (Å²) in [6.07, 6.45) is 5.32. The molecule has 0 atom stereocenters. The van der Waals surface area contributed by atoms with E-state index in [1.807, 2.05) is 62.7 Å². The third kappa shape index (κ3) is 4.24. The molecule has 0 radical (unpaired) electrons. The lowest BCUT2D eigenvalue weighted by molar-refractivity contribution is 0.00596. The van der Waals surface area contributed by atoms with Crippen molar-refractivity contribution in [2.75, 3.05) is 36.0 Å². The number of carbonyl (C=O) groups excluding carboxylic acids is 2. The third-order valence-electron chi connectivity index (χ3n) is 7.49. The summed E-state index contributed by atoms with van der Waals surface area (Å²) in [6.45, 7) is 13.1. The molecule has 5 rings (SSSR count). The van der Waals surface area contributed by atoms with Gasteiger partial charge in [-0.05, 0) is 77.3 Å². The van der Waals surface area contributed by atoms with Crippen LogP contribution in [0.25, 0.3) is 0 Å². The van der Waals surface area contributed by atoms with Gasteiger partial charge in [-0.25, -0.2) is 4.79 Å². The van der Waals surface area contributed by atoms with Gasteiger partial charge in [0, 0.05) is 42.2 Å². The number of amides is 2. The fourth-order valence-corrected chi connectivity index (χ4v) is 5.78. The van der Waals surface area contributed by atoms with Crippen LogP contribution in [-0.2, 0) is 10.3 Å². The number of rotatable bonds is 2. The number of aromatic nitrogens is 1. The zero-order valence-electron chi connectivity index (χ0n) is 21.1. The molecule has 0 saturated carbocycles. The molecule has 7 nitrogen and oxygen atoms in total. The van der Waals surface area contributed by atoms with Crippen LogP contribution >= 0.6 is 11.6 Å². The number of anilines is 2. The molecule has 1 spiro atoms. The van der Waals surface area contributed by atoms with Crippen LogP contribution in [0.15, 0.2) is 36.7 Å². The number of piperidine rings is 1. The van der Waals surface area contributed by atoms with Crippen LogP contribution in [0.3, 0.4) is 0 Å². The second kappa shape index (κ2) is 8.12. The maximum Gasteiger partial charge on any atom is 0.410 e. The van der Waals surface area contributed by atoms with Crippen molar-refractivity contribution in [3.05, 3.63) is 52.8 Å². The van der Waals surface area contributed by atoms with Crippen molar-refractivity contribution in [2.45, 2.75) is 58.6 Å². The van der Waals surface area contributed by atoms with Crippen molar-refractivity contribution in [1.82, 2.24) is 9.88 Å². The Balaban J connectivity index is 1.27. The van der Waals surface area contributed by atoms with Crippen LogP contribution in [-0.4, -0.2) is 53.7 Å². The molecule has 0 bridgehead atoms. The summed E-state index contributed by atoms with van der Waals surface area (Å²) in [5, 5.41) is 0.627. The van der Waals surface area contributed by atoms with Gasteiger partial charge in [-0.15, -0.1) is 0 Å². The molecule has 4 heterocycles. The van der Waals surface area contributed by atoms with Gasteiger partial charge in [0.2, 0.25) is 0 Å². The van der Waals surface area contributed by atoms with Crippen LogP contribution in [0.1, 0.15) is 63.4 Å². The fourth-order valence-electron chi connectivity index (χ4n) is 5.61. The summed E-state index contributed by atoms with van der Waals surface area (Å²) in [4.78, 5) is 36.2. The van der Waals surface area contributed by atoms with Crippen LogP contribution < -0.4 is 9.80 Å². The van der Waals surface area contributed by atoms with Crippen molar-refractivity contribution in [3.63, 3.8) is 0 Å². The minimum absolute atomic E-state index is 0.0322. The Morgan fingerprint density at radius 2 is 1.71 bits per heavy atom. The number of halogens is 1. The molecule has 2 amide bonds. The van der Waals surface area contributed by atoms with Gasteiger partial charge in [0.15, 0.2) is 0 Å². The quantitative estimate of drug-likeness (QED) is 0.551. The van der Waals surface area contributed by atoms with E-state index in [-0.39, 0.29) is 17.4 Å². The molecule has 1 aromatic heterocycles. The monoisotopic (exact) mass is 496 g/mol. The highest BCUT2D eigenvalue weighted by molar-refractivity contribution is 6.31. The average Bonchev–Trinajstić information content (AvgIpc) is 2.95. The maximum absolute atomic E-state index is 13.3. The van der Waals surface area contributed by atoms with Gasteiger partial charge in [0.1, 0.15) is 5.60 Å². The lowest BCUT2D eigenvalue weighted by Crippen LogP contribution is -2.61. The highest BCUT2D eigenvalue weighted by Gasteiger charge is 2.47. The summed E-state index contributed by atoms with van der Waals surface area (Å²) in [6, 6.07) is 7.51. The van der Waals surface area contributed by atoms with E-state index in [2.05, 4.69) is 16.0 Å². The standard InChI is InChI=1S/C27H33ClN4O3/c1-25(2,3)35-24(34)30-10-8-27(9-11-30)16-31(17-27)19-13-20(15-29-14-19)32-23(33)21-7-6-18(28)12-22(21)26(32,4)5/h6-7,12-15H,8-11,16-17H2,1-5H3. The summed E-state index contributed by atoms with van der Waals surface area (Å²) >= 11 is 6.23. The summed E-state index contributed by atoms with van der Waals surface area (Å²) < 4.78 is 5.53. The molecule has 2 saturated heterocycles. The number of likely N-dealkylation sites (tertiary alicyclic amines) is 1. The lowest BCUT2D eigenvalue weighted by atomic mass is 9.72. The van der Waals surface area contributed by atoms with E-state index in [1.54, 1.807) is 12.3 Å². The van der Waals surface area contributed by atoms with Crippen LogP contribution in [0, 0.1) is 5.41 Å².